The maximum atomic E-state index is 6.06. The van der Waals surface area contributed by atoms with Gasteiger partial charge in [0.2, 0.25) is 5.13 Å². The smallest absolute Gasteiger partial charge is 0.205 e. The second-order valence-electron chi connectivity index (χ2n) is 5.00. The number of hydrogen-bond acceptors (Lipinski definition) is 5. The third-order valence-electron chi connectivity index (χ3n) is 3.42. The minimum Gasteiger partial charge on any atom is -0.370 e. The van der Waals surface area contributed by atoms with Crippen molar-refractivity contribution in [3.63, 3.8) is 0 Å². The second-order valence-corrected chi connectivity index (χ2v) is 6.17. The lowest BCUT2D eigenvalue weighted by molar-refractivity contribution is 0.0215. The Morgan fingerprint density at radius 2 is 2.30 bits per heavy atom. The second kappa shape index (κ2) is 5.68. The summed E-state index contributed by atoms with van der Waals surface area (Å²) in [6, 6.07) is 8.15. The van der Waals surface area contributed by atoms with Crippen LogP contribution in [0.5, 0.6) is 0 Å². The van der Waals surface area contributed by atoms with Gasteiger partial charge in [0.1, 0.15) is 11.9 Å². The summed E-state index contributed by atoms with van der Waals surface area (Å²) in [5, 5.41) is 1.70. The van der Waals surface area contributed by atoms with Gasteiger partial charge in [-0.2, -0.15) is 4.37 Å². The first-order chi connectivity index (χ1) is 9.63. The molecule has 2 atom stereocenters. The predicted molar refractivity (Wildman–Crippen MR) is 81.6 cm³/mol. The number of aryl methyl sites for hydroxylation is 1. The number of morpholine rings is 1. The van der Waals surface area contributed by atoms with Gasteiger partial charge in [-0.3, -0.25) is 0 Å². The quantitative estimate of drug-likeness (QED) is 0.851. The van der Waals surface area contributed by atoms with E-state index < -0.39 is 0 Å². The molecule has 20 heavy (non-hydrogen) atoms. The highest BCUT2D eigenvalue weighted by molar-refractivity contribution is 7.09. The van der Waals surface area contributed by atoms with Crippen LogP contribution in [0.4, 0.5) is 5.13 Å². The maximum absolute atomic E-state index is 6.06. The Labute approximate surface area is 127 Å². The minimum atomic E-state index is 0.0223. The molecule has 106 valence electrons. The summed E-state index contributed by atoms with van der Waals surface area (Å²) in [7, 11) is 0. The van der Waals surface area contributed by atoms with Gasteiger partial charge in [-0.25, -0.2) is 4.98 Å². The largest absolute Gasteiger partial charge is 0.370 e. The highest BCUT2D eigenvalue weighted by Gasteiger charge is 2.29. The Morgan fingerprint density at radius 3 is 3.00 bits per heavy atom. The standard InChI is InChI=1S/C14H16ClN3OS/c1-9-8-19-13(11-4-3-5-12(15)6-11)7-18(9)14-16-10(2)17-20-14/h3-6,9,13H,7-8H2,1-2H3. The lowest BCUT2D eigenvalue weighted by Crippen LogP contribution is -2.45. The number of nitrogens with zero attached hydrogens (tertiary/aromatic N) is 3. The zero-order valence-corrected chi connectivity index (χ0v) is 13.0. The van der Waals surface area contributed by atoms with Crippen LogP contribution >= 0.6 is 23.1 Å². The molecular weight excluding hydrogens is 294 g/mol. The van der Waals surface area contributed by atoms with Crippen molar-refractivity contribution in [2.45, 2.75) is 26.0 Å². The third-order valence-corrected chi connectivity index (χ3v) is 4.50. The van der Waals surface area contributed by atoms with Gasteiger partial charge in [0.15, 0.2) is 0 Å². The van der Waals surface area contributed by atoms with E-state index in [1.165, 1.54) is 11.5 Å². The van der Waals surface area contributed by atoms with Crippen molar-refractivity contribution in [3.05, 3.63) is 40.7 Å². The van der Waals surface area contributed by atoms with Crippen LogP contribution in [0.3, 0.4) is 0 Å². The first-order valence-corrected chi connectivity index (χ1v) is 7.72. The molecule has 2 aromatic rings. The Kier molecular flexibility index (Phi) is 3.92. The first kappa shape index (κ1) is 13.8. The molecule has 1 aliphatic rings. The maximum Gasteiger partial charge on any atom is 0.205 e. The molecule has 1 fully saturated rings. The van der Waals surface area contributed by atoms with Gasteiger partial charge in [0, 0.05) is 16.6 Å². The third kappa shape index (κ3) is 2.80. The van der Waals surface area contributed by atoms with E-state index in [1.807, 2.05) is 25.1 Å². The Bertz CT molecular complexity index is 604. The zero-order chi connectivity index (χ0) is 14.1. The molecule has 4 nitrogen and oxygen atoms in total. The van der Waals surface area contributed by atoms with E-state index in [0.717, 1.165) is 28.1 Å². The summed E-state index contributed by atoms with van der Waals surface area (Å²) >= 11 is 7.50. The van der Waals surface area contributed by atoms with Crippen molar-refractivity contribution in [3.8, 4) is 0 Å². The van der Waals surface area contributed by atoms with Crippen LogP contribution in [0.15, 0.2) is 24.3 Å². The lowest BCUT2D eigenvalue weighted by atomic mass is 10.1. The van der Waals surface area contributed by atoms with Crippen molar-refractivity contribution in [2.75, 3.05) is 18.1 Å². The fourth-order valence-electron chi connectivity index (χ4n) is 2.33. The number of benzene rings is 1. The number of halogens is 1. The van der Waals surface area contributed by atoms with E-state index in [1.54, 1.807) is 0 Å². The summed E-state index contributed by atoms with van der Waals surface area (Å²) in [6.45, 7) is 5.51. The molecule has 1 aliphatic heterocycles. The SMILES string of the molecule is Cc1nsc(N2CC(c3cccc(Cl)c3)OCC2C)n1. The molecule has 2 unspecified atom stereocenters. The predicted octanol–water partition coefficient (Wildman–Crippen LogP) is 3.47. The Hall–Kier alpha value is -1.17. The van der Waals surface area contributed by atoms with Crippen molar-refractivity contribution < 1.29 is 4.74 Å². The average Bonchev–Trinajstić information content (AvgIpc) is 2.86. The number of anilines is 1. The van der Waals surface area contributed by atoms with Gasteiger partial charge < -0.3 is 9.64 Å². The van der Waals surface area contributed by atoms with Crippen molar-refractivity contribution in [1.29, 1.82) is 0 Å². The van der Waals surface area contributed by atoms with Crippen molar-refractivity contribution >= 4 is 28.3 Å². The molecule has 2 heterocycles. The minimum absolute atomic E-state index is 0.0223. The molecule has 1 aromatic carbocycles. The van der Waals surface area contributed by atoms with E-state index in [2.05, 4.69) is 27.2 Å². The first-order valence-electron chi connectivity index (χ1n) is 6.57. The molecule has 1 saturated heterocycles. The van der Waals surface area contributed by atoms with Gasteiger partial charge in [-0.15, -0.1) is 0 Å². The van der Waals surface area contributed by atoms with Gasteiger partial charge in [-0.1, -0.05) is 23.7 Å². The molecule has 0 bridgehead atoms. The summed E-state index contributed by atoms with van der Waals surface area (Å²) < 4.78 is 10.2. The van der Waals surface area contributed by atoms with Gasteiger partial charge >= 0.3 is 0 Å². The average molecular weight is 310 g/mol. The number of hydrogen-bond donors (Lipinski definition) is 0. The van der Waals surface area contributed by atoms with Crippen molar-refractivity contribution in [1.82, 2.24) is 9.36 Å². The molecule has 1 aromatic heterocycles. The highest BCUT2D eigenvalue weighted by Crippen LogP contribution is 2.30. The molecule has 0 spiro atoms. The van der Waals surface area contributed by atoms with Crippen molar-refractivity contribution in [2.24, 2.45) is 0 Å². The van der Waals surface area contributed by atoms with Crippen LogP contribution in [0.25, 0.3) is 0 Å². The van der Waals surface area contributed by atoms with Crippen LogP contribution in [0.2, 0.25) is 5.02 Å². The number of rotatable bonds is 2. The van der Waals surface area contributed by atoms with Crippen LogP contribution < -0.4 is 4.90 Å². The van der Waals surface area contributed by atoms with Crippen LogP contribution in [-0.2, 0) is 4.74 Å². The lowest BCUT2D eigenvalue weighted by Gasteiger charge is -2.37. The summed E-state index contributed by atoms with van der Waals surface area (Å²) in [5.74, 6) is 0.822. The van der Waals surface area contributed by atoms with Crippen LogP contribution in [0, 0.1) is 6.92 Å². The Morgan fingerprint density at radius 1 is 1.45 bits per heavy atom. The molecule has 0 N–H and O–H groups in total. The topological polar surface area (TPSA) is 38.2 Å². The van der Waals surface area contributed by atoms with Crippen LogP contribution in [0.1, 0.15) is 24.4 Å². The van der Waals surface area contributed by atoms with Crippen LogP contribution in [-0.4, -0.2) is 28.6 Å². The molecule has 0 saturated carbocycles. The fraction of sp³-hybridized carbons (Fsp3) is 0.429. The van der Waals surface area contributed by atoms with E-state index in [4.69, 9.17) is 16.3 Å². The van der Waals surface area contributed by atoms with E-state index >= 15 is 0 Å². The molecule has 6 heteroatoms. The number of aromatic nitrogens is 2. The van der Waals surface area contributed by atoms with Gasteiger partial charge in [0.05, 0.1) is 19.2 Å². The highest BCUT2D eigenvalue weighted by atomic mass is 35.5. The normalized spacial score (nSPS) is 23.1. The van der Waals surface area contributed by atoms with E-state index in [0.29, 0.717) is 12.6 Å². The molecule has 3 rings (SSSR count). The monoisotopic (exact) mass is 309 g/mol. The molecular formula is C14H16ClN3OS. The van der Waals surface area contributed by atoms with E-state index in [9.17, 15) is 0 Å². The molecule has 0 radical (unpaired) electrons. The number of ether oxygens (including phenoxy) is 1. The summed E-state index contributed by atoms with van der Waals surface area (Å²) in [5.41, 5.74) is 1.11. The fourth-order valence-corrected chi connectivity index (χ4v) is 3.32. The molecule has 0 aliphatic carbocycles. The van der Waals surface area contributed by atoms with Gasteiger partial charge in [-0.05, 0) is 31.5 Å². The summed E-state index contributed by atoms with van der Waals surface area (Å²) in [4.78, 5) is 6.75. The summed E-state index contributed by atoms with van der Waals surface area (Å²) in [6.07, 6.45) is 0.0223. The Balaban J connectivity index is 1.82. The zero-order valence-electron chi connectivity index (χ0n) is 11.4. The van der Waals surface area contributed by atoms with Gasteiger partial charge in [0.25, 0.3) is 0 Å². The van der Waals surface area contributed by atoms with E-state index in [-0.39, 0.29) is 6.10 Å². The molecule has 0 amide bonds.